The lowest BCUT2D eigenvalue weighted by Crippen LogP contribution is -2.10. The van der Waals surface area contributed by atoms with Crippen molar-refractivity contribution in [2.75, 3.05) is 5.32 Å². The molecule has 1 amide bonds. The maximum absolute atomic E-state index is 13.1. The Morgan fingerprint density at radius 2 is 1.92 bits per heavy atom. The summed E-state index contributed by atoms with van der Waals surface area (Å²) in [6, 6.07) is 11.1. The van der Waals surface area contributed by atoms with Crippen LogP contribution in [-0.2, 0) is 0 Å². The molecule has 2 aromatic carbocycles. The van der Waals surface area contributed by atoms with Crippen molar-refractivity contribution in [3.63, 3.8) is 0 Å². The van der Waals surface area contributed by atoms with Gasteiger partial charge in [0.05, 0.1) is 16.6 Å². The van der Waals surface area contributed by atoms with Crippen LogP contribution in [0.2, 0.25) is 0 Å². The van der Waals surface area contributed by atoms with E-state index in [4.69, 9.17) is 4.74 Å². The van der Waals surface area contributed by atoms with Crippen LogP contribution in [0.25, 0.3) is 0 Å². The van der Waals surface area contributed by atoms with Crippen LogP contribution < -0.4 is 10.1 Å². The summed E-state index contributed by atoms with van der Waals surface area (Å²) in [5, 5.41) is 17.2. The Balaban J connectivity index is 1.73. The SMILES string of the molecule is O=C(Nc1ccc(Oc2ccc(F)cc2[N+](=O)[O-])cc1)c1ccsc1. The Labute approximate surface area is 145 Å². The van der Waals surface area contributed by atoms with E-state index in [0.717, 1.165) is 12.1 Å². The average molecular weight is 358 g/mol. The third-order valence-corrected chi connectivity index (χ3v) is 3.92. The molecule has 0 bridgehead atoms. The number of nitro benzene ring substituents is 1. The van der Waals surface area contributed by atoms with Crippen molar-refractivity contribution in [1.29, 1.82) is 0 Å². The quantitative estimate of drug-likeness (QED) is 0.523. The zero-order valence-corrected chi connectivity index (χ0v) is 13.5. The van der Waals surface area contributed by atoms with E-state index in [1.165, 1.54) is 17.4 Å². The highest BCUT2D eigenvalue weighted by Gasteiger charge is 2.17. The summed E-state index contributed by atoms with van der Waals surface area (Å²) in [6.45, 7) is 0. The Morgan fingerprint density at radius 3 is 2.56 bits per heavy atom. The van der Waals surface area contributed by atoms with E-state index in [-0.39, 0.29) is 11.7 Å². The van der Waals surface area contributed by atoms with Gasteiger partial charge in [0.15, 0.2) is 0 Å². The van der Waals surface area contributed by atoms with E-state index in [1.807, 2.05) is 0 Å². The van der Waals surface area contributed by atoms with Gasteiger partial charge in [-0.3, -0.25) is 14.9 Å². The third kappa shape index (κ3) is 3.99. The van der Waals surface area contributed by atoms with Gasteiger partial charge in [0.25, 0.3) is 5.91 Å². The molecule has 0 unspecified atom stereocenters. The van der Waals surface area contributed by atoms with Gasteiger partial charge in [0.1, 0.15) is 11.6 Å². The molecule has 0 aliphatic heterocycles. The lowest BCUT2D eigenvalue weighted by Gasteiger charge is -2.08. The number of carbonyl (C=O) groups is 1. The molecular formula is C17H11FN2O4S. The number of rotatable bonds is 5. The molecule has 0 fully saturated rings. The van der Waals surface area contributed by atoms with Crippen molar-refractivity contribution >= 4 is 28.6 Å². The van der Waals surface area contributed by atoms with E-state index in [1.54, 1.807) is 41.1 Å². The molecule has 25 heavy (non-hydrogen) atoms. The molecule has 0 saturated carbocycles. The molecule has 3 rings (SSSR count). The first-order valence-corrected chi connectivity index (χ1v) is 8.02. The third-order valence-electron chi connectivity index (χ3n) is 3.24. The number of amides is 1. The fourth-order valence-electron chi connectivity index (χ4n) is 2.05. The van der Waals surface area contributed by atoms with Crippen LogP contribution in [0.5, 0.6) is 11.5 Å². The van der Waals surface area contributed by atoms with Gasteiger partial charge in [-0.15, -0.1) is 0 Å². The summed E-state index contributed by atoms with van der Waals surface area (Å²) >= 11 is 1.42. The smallest absolute Gasteiger partial charge is 0.314 e. The second kappa shape index (κ2) is 7.10. The van der Waals surface area contributed by atoms with Gasteiger partial charge in [-0.1, -0.05) is 0 Å². The molecule has 1 heterocycles. The number of anilines is 1. The number of benzene rings is 2. The highest BCUT2D eigenvalue weighted by Crippen LogP contribution is 2.32. The maximum Gasteiger partial charge on any atom is 0.314 e. The summed E-state index contributed by atoms with van der Waals surface area (Å²) in [6.07, 6.45) is 0. The Morgan fingerprint density at radius 1 is 1.16 bits per heavy atom. The van der Waals surface area contributed by atoms with Crippen molar-refractivity contribution in [3.05, 3.63) is 80.8 Å². The summed E-state index contributed by atoms with van der Waals surface area (Å²) in [5.74, 6) is -0.695. The largest absolute Gasteiger partial charge is 0.450 e. The topological polar surface area (TPSA) is 81.5 Å². The summed E-state index contributed by atoms with van der Waals surface area (Å²) in [4.78, 5) is 22.2. The fourth-order valence-corrected chi connectivity index (χ4v) is 2.69. The zero-order chi connectivity index (χ0) is 17.8. The first-order valence-electron chi connectivity index (χ1n) is 7.08. The molecule has 0 atom stereocenters. The normalized spacial score (nSPS) is 10.3. The monoisotopic (exact) mass is 358 g/mol. The van der Waals surface area contributed by atoms with Crippen LogP contribution in [0.1, 0.15) is 10.4 Å². The molecule has 8 heteroatoms. The number of hydrogen-bond acceptors (Lipinski definition) is 5. The predicted octanol–water partition coefficient (Wildman–Crippen LogP) is 4.84. The van der Waals surface area contributed by atoms with Gasteiger partial charge < -0.3 is 10.1 Å². The van der Waals surface area contributed by atoms with Crippen molar-refractivity contribution < 1.29 is 18.8 Å². The van der Waals surface area contributed by atoms with E-state index in [0.29, 0.717) is 17.0 Å². The molecule has 0 aliphatic carbocycles. The van der Waals surface area contributed by atoms with Crippen molar-refractivity contribution in [2.45, 2.75) is 0 Å². The van der Waals surface area contributed by atoms with Crippen LogP contribution in [0.4, 0.5) is 15.8 Å². The Bertz CT molecular complexity index is 911. The van der Waals surface area contributed by atoms with Crippen molar-refractivity contribution in [3.8, 4) is 11.5 Å². The first kappa shape index (κ1) is 16.6. The molecule has 1 aromatic heterocycles. The molecule has 3 aromatic rings. The molecular weight excluding hydrogens is 347 g/mol. The van der Waals surface area contributed by atoms with Crippen molar-refractivity contribution in [2.24, 2.45) is 0 Å². The van der Waals surface area contributed by atoms with E-state index < -0.39 is 16.4 Å². The molecule has 0 spiro atoms. The molecule has 126 valence electrons. The average Bonchev–Trinajstić information content (AvgIpc) is 3.13. The number of ether oxygens (including phenoxy) is 1. The second-order valence-corrected chi connectivity index (χ2v) is 5.74. The standard InChI is InChI=1S/C17H11FN2O4S/c18-12-1-6-16(15(9-12)20(22)23)24-14-4-2-13(3-5-14)19-17(21)11-7-8-25-10-11/h1-10H,(H,19,21). The van der Waals surface area contributed by atoms with Crippen molar-refractivity contribution in [1.82, 2.24) is 0 Å². The van der Waals surface area contributed by atoms with Crippen LogP contribution in [0, 0.1) is 15.9 Å². The minimum atomic E-state index is -0.717. The summed E-state index contributed by atoms with van der Waals surface area (Å²) in [7, 11) is 0. The molecule has 6 nitrogen and oxygen atoms in total. The number of carbonyl (C=O) groups excluding carboxylic acids is 1. The number of nitrogens with one attached hydrogen (secondary N) is 1. The molecule has 0 aliphatic rings. The number of thiophene rings is 1. The van der Waals surface area contributed by atoms with E-state index in [2.05, 4.69) is 5.32 Å². The Kier molecular flexibility index (Phi) is 4.71. The van der Waals surface area contributed by atoms with Crippen LogP contribution >= 0.6 is 11.3 Å². The van der Waals surface area contributed by atoms with Gasteiger partial charge in [-0.25, -0.2) is 4.39 Å². The van der Waals surface area contributed by atoms with E-state index >= 15 is 0 Å². The first-order chi connectivity index (χ1) is 12.0. The number of hydrogen-bond donors (Lipinski definition) is 1. The van der Waals surface area contributed by atoms with Crippen LogP contribution in [0.3, 0.4) is 0 Å². The zero-order valence-electron chi connectivity index (χ0n) is 12.6. The number of nitro groups is 1. The lowest BCUT2D eigenvalue weighted by atomic mass is 10.2. The minimum Gasteiger partial charge on any atom is -0.450 e. The number of halogens is 1. The van der Waals surface area contributed by atoms with E-state index in [9.17, 15) is 19.3 Å². The predicted molar refractivity (Wildman–Crippen MR) is 91.8 cm³/mol. The molecule has 1 N–H and O–H groups in total. The number of nitrogens with zero attached hydrogens (tertiary/aromatic N) is 1. The summed E-state index contributed by atoms with van der Waals surface area (Å²) < 4.78 is 18.6. The lowest BCUT2D eigenvalue weighted by molar-refractivity contribution is -0.385. The van der Waals surface area contributed by atoms with Crippen LogP contribution in [0.15, 0.2) is 59.3 Å². The minimum absolute atomic E-state index is 0.0681. The maximum atomic E-state index is 13.1. The highest BCUT2D eigenvalue weighted by atomic mass is 32.1. The molecule has 0 radical (unpaired) electrons. The van der Waals surface area contributed by atoms with Gasteiger partial charge >= 0.3 is 5.69 Å². The van der Waals surface area contributed by atoms with Gasteiger partial charge in [-0.05, 0) is 47.8 Å². The van der Waals surface area contributed by atoms with Crippen LogP contribution in [-0.4, -0.2) is 10.8 Å². The van der Waals surface area contributed by atoms with Gasteiger partial charge in [0, 0.05) is 11.1 Å². The van der Waals surface area contributed by atoms with Gasteiger partial charge in [-0.2, -0.15) is 11.3 Å². The highest BCUT2D eigenvalue weighted by molar-refractivity contribution is 7.08. The second-order valence-electron chi connectivity index (χ2n) is 4.96. The van der Waals surface area contributed by atoms with Gasteiger partial charge in [0.2, 0.25) is 5.75 Å². The fraction of sp³-hybridized carbons (Fsp3) is 0. The molecule has 0 saturated heterocycles. The summed E-state index contributed by atoms with van der Waals surface area (Å²) in [5.41, 5.74) is 0.652. The Hall–Kier alpha value is -3.26.